The van der Waals surface area contributed by atoms with Gasteiger partial charge in [-0.2, -0.15) is 0 Å². The van der Waals surface area contributed by atoms with Crippen LogP contribution < -0.4 is 5.14 Å². The van der Waals surface area contributed by atoms with E-state index in [-0.39, 0.29) is 12.2 Å². The van der Waals surface area contributed by atoms with E-state index in [1.165, 1.54) is 0 Å². The summed E-state index contributed by atoms with van der Waals surface area (Å²) in [6, 6.07) is 1.09. The van der Waals surface area contributed by atoms with Gasteiger partial charge in [-0.25, -0.2) is 27.3 Å². The molecule has 1 aromatic rings. The number of primary sulfonamides is 1. The average molecular weight is 460 g/mol. The number of sulfonamides is 1. The molecule has 0 atom stereocenters. The van der Waals surface area contributed by atoms with Crippen molar-refractivity contribution in [2.45, 2.75) is 11.3 Å². The van der Waals surface area contributed by atoms with Gasteiger partial charge in [-0.1, -0.05) is 0 Å². The van der Waals surface area contributed by atoms with Crippen LogP contribution in [0.15, 0.2) is 11.0 Å². The molecule has 9 heteroatoms. The standard InChI is InChI=1S/C6H4F2I2N2O2S/c7-5(8)4-2(9)1-3(6(10)12-4)15(11,13)14/h1,5H,(H2,11,13,14). The lowest BCUT2D eigenvalue weighted by Gasteiger charge is -2.06. The zero-order chi connectivity index (χ0) is 11.8. The Kier molecular flexibility index (Phi) is 4.22. The largest absolute Gasteiger partial charge is 0.281 e. The van der Waals surface area contributed by atoms with Gasteiger partial charge < -0.3 is 0 Å². The van der Waals surface area contributed by atoms with Crippen molar-refractivity contribution in [3.05, 3.63) is 19.0 Å². The van der Waals surface area contributed by atoms with Crippen molar-refractivity contribution in [1.82, 2.24) is 4.98 Å². The van der Waals surface area contributed by atoms with E-state index in [1.54, 1.807) is 45.2 Å². The van der Waals surface area contributed by atoms with Crippen LogP contribution in [0.3, 0.4) is 0 Å². The van der Waals surface area contributed by atoms with Gasteiger partial charge >= 0.3 is 0 Å². The topological polar surface area (TPSA) is 73.1 Å². The summed E-state index contributed by atoms with van der Waals surface area (Å²) < 4.78 is 46.9. The molecule has 1 aromatic heterocycles. The van der Waals surface area contributed by atoms with Gasteiger partial charge in [0.1, 0.15) is 14.3 Å². The lowest BCUT2D eigenvalue weighted by atomic mass is 10.4. The maximum Gasteiger partial charge on any atom is 0.281 e. The van der Waals surface area contributed by atoms with Crippen LogP contribution in [-0.2, 0) is 10.0 Å². The van der Waals surface area contributed by atoms with Crippen LogP contribution in [0.4, 0.5) is 8.78 Å². The monoisotopic (exact) mass is 460 g/mol. The first-order valence-corrected chi connectivity index (χ1v) is 7.10. The third-order valence-corrected chi connectivity index (χ3v) is 4.41. The third-order valence-electron chi connectivity index (χ3n) is 1.44. The summed E-state index contributed by atoms with van der Waals surface area (Å²) in [5, 5.41) is 4.89. The van der Waals surface area contributed by atoms with Gasteiger partial charge in [0.15, 0.2) is 0 Å². The van der Waals surface area contributed by atoms with E-state index in [4.69, 9.17) is 5.14 Å². The van der Waals surface area contributed by atoms with Gasteiger partial charge in [-0.3, -0.25) is 0 Å². The first-order chi connectivity index (χ1) is 6.73. The molecule has 0 aliphatic rings. The molecule has 0 aromatic carbocycles. The fraction of sp³-hybridized carbons (Fsp3) is 0.167. The lowest BCUT2D eigenvalue weighted by Crippen LogP contribution is -2.15. The third kappa shape index (κ3) is 3.17. The normalized spacial score (nSPS) is 12.1. The van der Waals surface area contributed by atoms with Crippen LogP contribution in [0.25, 0.3) is 0 Å². The summed E-state index contributed by atoms with van der Waals surface area (Å²) in [5.41, 5.74) is -0.438. The fourth-order valence-corrected chi connectivity index (χ4v) is 3.59. The lowest BCUT2D eigenvalue weighted by molar-refractivity contribution is 0.144. The zero-order valence-corrected chi connectivity index (χ0v) is 12.0. The number of nitrogens with zero attached hydrogens (tertiary/aromatic N) is 1. The molecule has 0 unspecified atom stereocenters. The SMILES string of the molecule is NS(=O)(=O)c1cc(I)c(C(F)F)nc1I. The summed E-state index contributed by atoms with van der Waals surface area (Å²) in [6.07, 6.45) is -2.74. The Hall–Kier alpha value is 0.380. The molecule has 15 heavy (non-hydrogen) atoms. The molecular formula is C6H4F2I2N2O2S. The van der Waals surface area contributed by atoms with Crippen LogP contribution >= 0.6 is 45.2 Å². The van der Waals surface area contributed by atoms with E-state index in [1.807, 2.05) is 0 Å². The minimum atomic E-state index is -3.92. The molecule has 84 valence electrons. The molecule has 0 spiro atoms. The van der Waals surface area contributed by atoms with E-state index < -0.39 is 22.1 Å². The summed E-state index contributed by atoms with van der Waals surface area (Å²) >= 11 is 3.15. The van der Waals surface area contributed by atoms with Crippen molar-refractivity contribution in [3.63, 3.8) is 0 Å². The Balaban J connectivity index is 3.46. The highest BCUT2D eigenvalue weighted by Crippen LogP contribution is 2.26. The zero-order valence-electron chi connectivity index (χ0n) is 6.92. The van der Waals surface area contributed by atoms with E-state index >= 15 is 0 Å². The molecule has 0 radical (unpaired) electrons. The predicted molar refractivity (Wildman–Crippen MR) is 66.0 cm³/mol. The predicted octanol–water partition coefficient (Wildman–Crippen LogP) is 1.88. The molecule has 0 bridgehead atoms. The van der Waals surface area contributed by atoms with Crippen LogP contribution in [-0.4, -0.2) is 13.4 Å². The van der Waals surface area contributed by atoms with Gasteiger partial charge in [0, 0.05) is 3.57 Å². The maximum atomic E-state index is 12.4. The first kappa shape index (κ1) is 13.4. The Morgan fingerprint density at radius 1 is 1.40 bits per heavy atom. The quantitative estimate of drug-likeness (QED) is 0.542. The molecular weight excluding hydrogens is 456 g/mol. The molecule has 1 heterocycles. The fourth-order valence-electron chi connectivity index (χ4n) is 0.815. The van der Waals surface area contributed by atoms with Crippen LogP contribution in [0, 0.1) is 7.27 Å². The highest BCUT2D eigenvalue weighted by Gasteiger charge is 2.20. The molecule has 1 rings (SSSR count). The Labute approximate surface area is 112 Å². The molecule has 0 fully saturated rings. The molecule has 0 saturated carbocycles. The summed E-state index contributed by atoms with van der Waals surface area (Å²) in [6.45, 7) is 0. The molecule has 0 amide bonds. The van der Waals surface area contributed by atoms with Crippen LogP contribution in [0.5, 0.6) is 0 Å². The average Bonchev–Trinajstić information content (AvgIpc) is 2.06. The highest BCUT2D eigenvalue weighted by molar-refractivity contribution is 14.1. The number of hydrogen-bond donors (Lipinski definition) is 1. The maximum absolute atomic E-state index is 12.4. The van der Waals surface area contributed by atoms with Gasteiger partial charge in [-0.15, -0.1) is 0 Å². The number of aromatic nitrogens is 1. The number of halogens is 4. The summed E-state index contributed by atoms with van der Waals surface area (Å²) in [7, 11) is -3.92. The number of nitrogens with two attached hydrogens (primary N) is 1. The number of pyridine rings is 1. The second kappa shape index (κ2) is 4.71. The van der Waals surface area contributed by atoms with Crippen LogP contribution in [0.1, 0.15) is 12.1 Å². The Morgan fingerprint density at radius 3 is 2.33 bits per heavy atom. The van der Waals surface area contributed by atoms with E-state index in [9.17, 15) is 17.2 Å². The van der Waals surface area contributed by atoms with Crippen molar-refractivity contribution in [3.8, 4) is 0 Å². The summed E-state index contributed by atoms with van der Waals surface area (Å²) in [5.74, 6) is 0. The number of rotatable bonds is 2. The van der Waals surface area contributed by atoms with Gasteiger partial charge in [0.25, 0.3) is 6.43 Å². The molecule has 4 nitrogen and oxygen atoms in total. The van der Waals surface area contributed by atoms with Crippen molar-refractivity contribution >= 4 is 55.2 Å². The van der Waals surface area contributed by atoms with E-state index in [0.29, 0.717) is 0 Å². The summed E-state index contributed by atoms with van der Waals surface area (Å²) in [4.78, 5) is 3.27. The molecule has 0 aliphatic carbocycles. The van der Waals surface area contributed by atoms with Crippen molar-refractivity contribution in [2.24, 2.45) is 5.14 Å². The molecule has 2 N–H and O–H groups in total. The van der Waals surface area contributed by atoms with Gasteiger partial charge in [0.2, 0.25) is 10.0 Å². The van der Waals surface area contributed by atoms with Gasteiger partial charge in [0.05, 0.1) is 0 Å². The number of hydrogen-bond acceptors (Lipinski definition) is 3. The smallest absolute Gasteiger partial charge is 0.238 e. The van der Waals surface area contributed by atoms with E-state index in [0.717, 1.165) is 6.07 Å². The second-order valence-electron chi connectivity index (χ2n) is 2.49. The Bertz CT molecular complexity index is 492. The first-order valence-electron chi connectivity index (χ1n) is 3.40. The molecule has 0 saturated heterocycles. The minimum Gasteiger partial charge on any atom is -0.238 e. The van der Waals surface area contributed by atoms with E-state index in [2.05, 4.69) is 4.98 Å². The van der Waals surface area contributed by atoms with Crippen LogP contribution in [0.2, 0.25) is 0 Å². The van der Waals surface area contributed by atoms with Gasteiger partial charge in [-0.05, 0) is 51.2 Å². The number of alkyl halides is 2. The highest BCUT2D eigenvalue weighted by atomic mass is 127. The second-order valence-corrected chi connectivity index (χ2v) is 6.20. The van der Waals surface area contributed by atoms with Crippen molar-refractivity contribution < 1.29 is 17.2 Å². The minimum absolute atomic E-state index is 0.0502. The molecule has 0 aliphatic heterocycles. The van der Waals surface area contributed by atoms with Crippen molar-refractivity contribution in [2.75, 3.05) is 0 Å². The Morgan fingerprint density at radius 2 is 1.93 bits per heavy atom. The van der Waals surface area contributed by atoms with Crippen molar-refractivity contribution in [1.29, 1.82) is 0 Å².